The van der Waals surface area contributed by atoms with Gasteiger partial charge in [-0.15, -0.1) is 0 Å². The number of aryl methyl sites for hydroxylation is 1. The molecule has 154 valence electrons. The molecule has 4 aliphatic rings. The predicted octanol–water partition coefficient (Wildman–Crippen LogP) is 5.89. The van der Waals surface area contributed by atoms with Crippen molar-refractivity contribution in [2.24, 2.45) is 5.92 Å². The lowest BCUT2D eigenvalue weighted by atomic mass is 9.77. The second kappa shape index (κ2) is 5.79. The van der Waals surface area contributed by atoms with Gasteiger partial charge in [-0.3, -0.25) is 0 Å². The molecular formula is C27H29NO2. The molecule has 6 unspecified atom stereocenters. The number of benzene rings is 2. The van der Waals surface area contributed by atoms with Crippen molar-refractivity contribution >= 4 is 11.8 Å². The molecule has 0 bridgehead atoms. The van der Waals surface area contributed by atoms with Gasteiger partial charge in [-0.1, -0.05) is 55.5 Å². The van der Waals surface area contributed by atoms with Gasteiger partial charge in [0.1, 0.15) is 0 Å². The summed E-state index contributed by atoms with van der Waals surface area (Å²) >= 11 is 0. The monoisotopic (exact) mass is 399 g/mol. The summed E-state index contributed by atoms with van der Waals surface area (Å²) < 4.78 is 12.7. The fraction of sp³-hybridized carbons (Fsp3) is 0.407. The van der Waals surface area contributed by atoms with Crippen molar-refractivity contribution in [1.82, 2.24) is 0 Å². The number of ether oxygens (including phenoxy) is 2. The molecule has 3 aliphatic heterocycles. The number of allylic oxidation sites excluding steroid dienone is 1. The molecular weight excluding hydrogens is 370 g/mol. The van der Waals surface area contributed by atoms with Gasteiger partial charge >= 0.3 is 0 Å². The molecule has 0 amide bonds. The van der Waals surface area contributed by atoms with E-state index < -0.39 is 0 Å². The molecule has 3 heteroatoms. The Morgan fingerprint density at radius 2 is 1.80 bits per heavy atom. The quantitative estimate of drug-likeness (QED) is 0.596. The van der Waals surface area contributed by atoms with Crippen molar-refractivity contribution in [3.05, 3.63) is 82.6 Å². The molecule has 3 heterocycles. The minimum atomic E-state index is -0.245. The van der Waals surface area contributed by atoms with E-state index in [0.29, 0.717) is 0 Å². The molecule has 1 fully saturated rings. The van der Waals surface area contributed by atoms with E-state index in [-0.39, 0.29) is 35.3 Å². The number of hydrogen-bond acceptors (Lipinski definition) is 3. The SMILES string of the molecule is CC1=CC(C)OC(C2C3(C)c4cccc(C)c4C4C=Cc5ccccc5N4C23C)O1. The highest BCUT2D eigenvalue weighted by Gasteiger charge is 2.81. The number of para-hydroxylation sites is 1. The van der Waals surface area contributed by atoms with E-state index in [4.69, 9.17) is 9.47 Å². The van der Waals surface area contributed by atoms with Crippen LogP contribution in [0, 0.1) is 12.8 Å². The third kappa shape index (κ3) is 2.04. The zero-order valence-electron chi connectivity index (χ0n) is 18.3. The molecule has 2 aromatic rings. The van der Waals surface area contributed by atoms with Gasteiger partial charge < -0.3 is 14.4 Å². The highest BCUT2D eigenvalue weighted by molar-refractivity contribution is 5.79. The van der Waals surface area contributed by atoms with Gasteiger partial charge in [0.05, 0.1) is 29.4 Å². The normalized spacial score (nSPS) is 37.9. The van der Waals surface area contributed by atoms with E-state index in [0.717, 1.165) is 5.76 Å². The smallest absolute Gasteiger partial charge is 0.205 e. The second-order valence-corrected chi connectivity index (χ2v) is 9.70. The Morgan fingerprint density at radius 3 is 2.60 bits per heavy atom. The van der Waals surface area contributed by atoms with Gasteiger partial charge in [0, 0.05) is 11.1 Å². The van der Waals surface area contributed by atoms with Crippen molar-refractivity contribution in [2.45, 2.75) is 64.0 Å². The van der Waals surface area contributed by atoms with Crippen LogP contribution < -0.4 is 4.90 Å². The first-order valence-corrected chi connectivity index (χ1v) is 11.0. The van der Waals surface area contributed by atoms with Crippen LogP contribution in [0.2, 0.25) is 0 Å². The molecule has 30 heavy (non-hydrogen) atoms. The average Bonchev–Trinajstić information content (AvgIpc) is 3.24. The summed E-state index contributed by atoms with van der Waals surface area (Å²) in [7, 11) is 0. The fourth-order valence-corrected chi connectivity index (χ4v) is 6.74. The van der Waals surface area contributed by atoms with Crippen LogP contribution in [0.5, 0.6) is 0 Å². The molecule has 3 nitrogen and oxygen atoms in total. The molecule has 0 radical (unpaired) electrons. The molecule has 6 rings (SSSR count). The summed E-state index contributed by atoms with van der Waals surface area (Å²) in [6.07, 6.45) is 6.56. The molecule has 1 aliphatic carbocycles. The van der Waals surface area contributed by atoms with Crippen molar-refractivity contribution in [2.75, 3.05) is 4.90 Å². The maximum Gasteiger partial charge on any atom is 0.205 e. The standard InChI is InChI=1S/C27H29NO2/c1-16-9-8-11-20-23(16)22-14-13-19-10-6-7-12-21(19)28(22)27(5)24(26(20,27)4)25-29-17(2)15-18(3)30-25/h6-15,17,22,24-25H,1-5H3. The summed E-state index contributed by atoms with van der Waals surface area (Å²) in [6.45, 7) is 11.2. The fourth-order valence-electron chi connectivity index (χ4n) is 6.74. The molecule has 0 N–H and O–H groups in total. The van der Waals surface area contributed by atoms with Crippen LogP contribution in [0.25, 0.3) is 6.08 Å². The highest BCUT2D eigenvalue weighted by atomic mass is 16.7. The summed E-state index contributed by atoms with van der Waals surface area (Å²) in [4.78, 5) is 2.66. The van der Waals surface area contributed by atoms with Crippen LogP contribution in [-0.2, 0) is 14.9 Å². The summed E-state index contributed by atoms with van der Waals surface area (Å²) in [5.41, 5.74) is 6.71. The number of rotatable bonds is 1. The largest absolute Gasteiger partial charge is 0.469 e. The molecule has 1 saturated carbocycles. The van der Waals surface area contributed by atoms with Crippen LogP contribution in [0.15, 0.2) is 60.4 Å². The Labute approximate surface area is 179 Å². The first kappa shape index (κ1) is 18.3. The Bertz CT molecular complexity index is 1120. The zero-order chi connectivity index (χ0) is 20.8. The van der Waals surface area contributed by atoms with Gasteiger partial charge in [-0.2, -0.15) is 0 Å². The lowest BCUT2D eigenvalue weighted by Gasteiger charge is -2.48. The van der Waals surface area contributed by atoms with Crippen LogP contribution >= 0.6 is 0 Å². The number of anilines is 1. The number of fused-ring (bicyclic) bond motifs is 8. The Kier molecular flexibility index (Phi) is 3.53. The van der Waals surface area contributed by atoms with Crippen molar-refractivity contribution in [3.8, 4) is 0 Å². The molecule has 6 atom stereocenters. The second-order valence-electron chi connectivity index (χ2n) is 9.70. The molecule has 2 aromatic carbocycles. The molecule has 0 aromatic heterocycles. The van der Waals surface area contributed by atoms with Gasteiger partial charge in [0.2, 0.25) is 6.29 Å². The van der Waals surface area contributed by atoms with Crippen LogP contribution in [0.3, 0.4) is 0 Å². The Morgan fingerprint density at radius 1 is 1.00 bits per heavy atom. The van der Waals surface area contributed by atoms with Gasteiger partial charge in [-0.05, 0) is 62.1 Å². The van der Waals surface area contributed by atoms with Crippen LogP contribution in [0.4, 0.5) is 5.69 Å². The van der Waals surface area contributed by atoms with E-state index in [1.165, 1.54) is 27.9 Å². The van der Waals surface area contributed by atoms with Gasteiger partial charge in [0.25, 0.3) is 0 Å². The van der Waals surface area contributed by atoms with Crippen molar-refractivity contribution < 1.29 is 9.47 Å². The lowest BCUT2D eigenvalue weighted by Crippen LogP contribution is -2.48. The van der Waals surface area contributed by atoms with E-state index in [1.807, 2.05) is 6.92 Å². The predicted molar refractivity (Wildman–Crippen MR) is 120 cm³/mol. The maximum atomic E-state index is 6.37. The van der Waals surface area contributed by atoms with Gasteiger partial charge in [0.15, 0.2) is 0 Å². The zero-order valence-corrected chi connectivity index (χ0v) is 18.3. The maximum absolute atomic E-state index is 6.37. The third-order valence-electron chi connectivity index (χ3n) is 8.20. The first-order valence-electron chi connectivity index (χ1n) is 11.0. The summed E-state index contributed by atoms with van der Waals surface area (Å²) in [6, 6.07) is 15.8. The highest BCUT2D eigenvalue weighted by Crippen LogP contribution is 2.74. The number of hydrogen-bond donors (Lipinski definition) is 0. The molecule has 0 spiro atoms. The average molecular weight is 400 g/mol. The van der Waals surface area contributed by atoms with Crippen molar-refractivity contribution in [3.63, 3.8) is 0 Å². The van der Waals surface area contributed by atoms with Crippen LogP contribution in [0.1, 0.15) is 56.0 Å². The Hall–Kier alpha value is -2.52. The minimum absolute atomic E-state index is 0.0504. The van der Waals surface area contributed by atoms with Gasteiger partial charge in [-0.25, -0.2) is 0 Å². The van der Waals surface area contributed by atoms with E-state index in [2.05, 4.69) is 93.3 Å². The van der Waals surface area contributed by atoms with Crippen LogP contribution in [-0.4, -0.2) is 17.9 Å². The third-order valence-corrected chi connectivity index (χ3v) is 8.20. The van der Waals surface area contributed by atoms with Crippen molar-refractivity contribution in [1.29, 1.82) is 0 Å². The number of nitrogens with zero attached hydrogens (tertiary/aromatic N) is 1. The topological polar surface area (TPSA) is 21.7 Å². The van der Waals surface area contributed by atoms with E-state index in [1.54, 1.807) is 0 Å². The summed E-state index contributed by atoms with van der Waals surface area (Å²) in [5.74, 6) is 1.20. The summed E-state index contributed by atoms with van der Waals surface area (Å²) in [5, 5.41) is 0. The molecule has 0 saturated heterocycles. The van der Waals surface area contributed by atoms with E-state index >= 15 is 0 Å². The first-order chi connectivity index (χ1) is 14.4. The minimum Gasteiger partial charge on any atom is -0.469 e. The van der Waals surface area contributed by atoms with E-state index in [9.17, 15) is 0 Å². The lowest BCUT2D eigenvalue weighted by molar-refractivity contribution is -0.166. The Balaban J connectivity index is 1.58.